The van der Waals surface area contributed by atoms with Gasteiger partial charge < -0.3 is 4.74 Å². The van der Waals surface area contributed by atoms with Crippen LogP contribution in [0.1, 0.15) is 17.7 Å². The summed E-state index contributed by atoms with van der Waals surface area (Å²) in [6.45, 7) is 5.15. The molecule has 23 heavy (non-hydrogen) atoms. The lowest BCUT2D eigenvalue weighted by atomic mass is 9.71. The standard InChI is InChI=1S/C16H26N2O3S2/c1-21-12-14-10-17(11-15-4-3-9-22-15)13-16(14)5-7-18(8-6-16)23(2,19)20/h3-4,9,14H,5-8,10-13H2,1-2H3. The predicted molar refractivity (Wildman–Crippen MR) is 93.0 cm³/mol. The number of ether oxygens (including phenoxy) is 1. The molecule has 0 aromatic carbocycles. The predicted octanol–water partition coefficient (Wildman–Crippen LogP) is 1.87. The second kappa shape index (κ2) is 6.80. The van der Waals surface area contributed by atoms with Gasteiger partial charge in [0.15, 0.2) is 0 Å². The molecule has 7 heteroatoms. The lowest BCUT2D eigenvalue weighted by Gasteiger charge is -2.41. The third kappa shape index (κ3) is 3.79. The normalized spacial score (nSPS) is 26.1. The van der Waals surface area contributed by atoms with Gasteiger partial charge in [0.05, 0.1) is 12.9 Å². The maximum atomic E-state index is 11.8. The van der Waals surface area contributed by atoms with E-state index >= 15 is 0 Å². The van der Waals surface area contributed by atoms with Crippen LogP contribution in [0, 0.1) is 11.3 Å². The molecule has 2 aliphatic rings. The zero-order valence-electron chi connectivity index (χ0n) is 13.9. The van der Waals surface area contributed by atoms with Gasteiger partial charge >= 0.3 is 0 Å². The monoisotopic (exact) mass is 358 g/mol. The molecule has 0 saturated carbocycles. The second-order valence-electron chi connectivity index (χ2n) is 6.93. The molecule has 1 atom stereocenters. The molecule has 1 aromatic heterocycles. The highest BCUT2D eigenvalue weighted by Gasteiger charge is 2.48. The van der Waals surface area contributed by atoms with E-state index in [9.17, 15) is 8.42 Å². The van der Waals surface area contributed by atoms with Crippen LogP contribution in [0.25, 0.3) is 0 Å². The van der Waals surface area contributed by atoms with E-state index < -0.39 is 10.0 Å². The Kier molecular flexibility index (Phi) is 5.13. The van der Waals surface area contributed by atoms with Gasteiger partial charge in [-0.25, -0.2) is 12.7 Å². The number of piperidine rings is 1. The third-order valence-electron chi connectivity index (χ3n) is 5.40. The van der Waals surface area contributed by atoms with Crippen LogP contribution in [0.2, 0.25) is 0 Å². The van der Waals surface area contributed by atoms with Crippen LogP contribution >= 0.6 is 11.3 Å². The molecule has 0 N–H and O–H groups in total. The van der Waals surface area contributed by atoms with Gasteiger partial charge in [-0.3, -0.25) is 4.90 Å². The zero-order chi connectivity index (χ0) is 16.5. The zero-order valence-corrected chi connectivity index (χ0v) is 15.5. The van der Waals surface area contributed by atoms with Gasteiger partial charge in [-0.2, -0.15) is 0 Å². The molecule has 0 radical (unpaired) electrons. The molecule has 1 spiro atoms. The minimum atomic E-state index is -3.07. The highest BCUT2D eigenvalue weighted by Crippen LogP contribution is 2.45. The Hall–Kier alpha value is -0.470. The fourth-order valence-corrected chi connectivity index (χ4v) is 5.74. The van der Waals surface area contributed by atoms with E-state index in [0.717, 1.165) is 39.1 Å². The number of thiophene rings is 1. The van der Waals surface area contributed by atoms with Gasteiger partial charge in [-0.1, -0.05) is 6.07 Å². The number of methoxy groups -OCH3 is 1. The lowest BCUT2D eigenvalue weighted by molar-refractivity contribution is 0.0569. The molecule has 2 fully saturated rings. The molecule has 0 amide bonds. The number of likely N-dealkylation sites (tertiary alicyclic amines) is 1. The molecule has 1 aromatic rings. The van der Waals surface area contributed by atoms with Crippen LogP contribution in [0.4, 0.5) is 0 Å². The molecular formula is C16H26N2O3S2. The average molecular weight is 359 g/mol. The molecule has 3 rings (SSSR count). The highest BCUT2D eigenvalue weighted by molar-refractivity contribution is 7.88. The minimum absolute atomic E-state index is 0.203. The van der Waals surface area contributed by atoms with Gasteiger partial charge in [0.1, 0.15) is 0 Å². The highest BCUT2D eigenvalue weighted by atomic mass is 32.2. The number of hydrogen-bond donors (Lipinski definition) is 0. The summed E-state index contributed by atoms with van der Waals surface area (Å²) in [4.78, 5) is 3.91. The SMILES string of the molecule is COCC1CN(Cc2cccs2)CC12CCN(S(C)(=O)=O)CC2. The van der Waals surface area contributed by atoms with Crippen molar-refractivity contribution in [1.29, 1.82) is 0 Å². The maximum absolute atomic E-state index is 11.8. The van der Waals surface area contributed by atoms with E-state index in [1.165, 1.54) is 11.1 Å². The van der Waals surface area contributed by atoms with Gasteiger partial charge in [0.2, 0.25) is 10.0 Å². The number of nitrogens with zero attached hydrogens (tertiary/aromatic N) is 2. The first-order valence-electron chi connectivity index (χ1n) is 8.12. The van der Waals surface area contributed by atoms with Crippen LogP contribution in [0.5, 0.6) is 0 Å². The Bertz CT molecular complexity index is 607. The molecule has 1 unspecified atom stereocenters. The summed E-state index contributed by atoms with van der Waals surface area (Å²) in [5.41, 5.74) is 0.203. The van der Waals surface area contributed by atoms with Crippen molar-refractivity contribution in [2.24, 2.45) is 11.3 Å². The first kappa shape index (κ1) is 17.4. The molecule has 2 aliphatic heterocycles. The van der Waals surface area contributed by atoms with E-state index in [-0.39, 0.29) is 5.41 Å². The van der Waals surface area contributed by atoms with Gasteiger partial charge in [-0.15, -0.1) is 11.3 Å². The topological polar surface area (TPSA) is 49.9 Å². The minimum Gasteiger partial charge on any atom is -0.384 e. The van der Waals surface area contributed by atoms with Crippen molar-refractivity contribution in [3.8, 4) is 0 Å². The molecule has 130 valence electrons. The van der Waals surface area contributed by atoms with Gasteiger partial charge in [0, 0.05) is 50.6 Å². The Morgan fingerprint density at radius 2 is 2.13 bits per heavy atom. The van der Waals surface area contributed by atoms with Crippen LogP contribution < -0.4 is 0 Å². The number of rotatable bonds is 5. The first-order valence-corrected chi connectivity index (χ1v) is 10.8. The van der Waals surface area contributed by atoms with Crippen LogP contribution in [-0.4, -0.2) is 63.8 Å². The summed E-state index contributed by atoms with van der Waals surface area (Å²) in [7, 11) is -1.30. The summed E-state index contributed by atoms with van der Waals surface area (Å²) in [6, 6.07) is 4.29. The van der Waals surface area contributed by atoms with E-state index in [1.54, 1.807) is 22.8 Å². The fourth-order valence-electron chi connectivity index (χ4n) is 4.15. The summed E-state index contributed by atoms with van der Waals surface area (Å²) < 4.78 is 30.6. The van der Waals surface area contributed by atoms with Crippen molar-refractivity contribution in [3.05, 3.63) is 22.4 Å². The van der Waals surface area contributed by atoms with E-state index in [2.05, 4.69) is 22.4 Å². The van der Waals surface area contributed by atoms with Crippen LogP contribution in [0.3, 0.4) is 0 Å². The number of hydrogen-bond acceptors (Lipinski definition) is 5. The van der Waals surface area contributed by atoms with E-state index in [4.69, 9.17) is 4.74 Å². The fraction of sp³-hybridized carbons (Fsp3) is 0.750. The van der Waals surface area contributed by atoms with Gasteiger partial charge in [0.25, 0.3) is 0 Å². The van der Waals surface area contributed by atoms with Crippen molar-refractivity contribution in [3.63, 3.8) is 0 Å². The molecule has 0 bridgehead atoms. The Morgan fingerprint density at radius 3 is 2.70 bits per heavy atom. The van der Waals surface area contributed by atoms with Crippen molar-refractivity contribution in [2.45, 2.75) is 19.4 Å². The van der Waals surface area contributed by atoms with Crippen molar-refractivity contribution in [2.75, 3.05) is 46.2 Å². The summed E-state index contributed by atoms with van der Waals surface area (Å²) in [6.07, 6.45) is 3.19. The lowest BCUT2D eigenvalue weighted by Crippen LogP contribution is -2.46. The van der Waals surface area contributed by atoms with Crippen molar-refractivity contribution in [1.82, 2.24) is 9.21 Å². The first-order chi connectivity index (χ1) is 10.9. The third-order valence-corrected chi connectivity index (χ3v) is 7.56. The Labute approximate surface area is 143 Å². The average Bonchev–Trinajstić information content (AvgIpc) is 3.09. The van der Waals surface area contributed by atoms with Crippen LogP contribution in [0.15, 0.2) is 17.5 Å². The Morgan fingerprint density at radius 1 is 1.39 bits per heavy atom. The molecule has 0 aliphatic carbocycles. The second-order valence-corrected chi connectivity index (χ2v) is 9.94. The van der Waals surface area contributed by atoms with Crippen LogP contribution in [-0.2, 0) is 21.3 Å². The molecule has 3 heterocycles. The molecule has 5 nitrogen and oxygen atoms in total. The Balaban J connectivity index is 1.69. The maximum Gasteiger partial charge on any atom is 0.211 e. The van der Waals surface area contributed by atoms with E-state index in [0.29, 0.717) is 19.0 Å². The number of sulfonamides is 1. The smallest absolute Gasteiger partial charge is 0.211 e. The quantitative estimate of drug-likeness (QED) is 0.806. The summed E-state index contributed by atoms with van der Waals surface area (Å²) >= 11 is 1.80. The largest absolute Gasteiger partial charge is 0.384 e. The van der Waals surface area contributed by atoms with Gasteiger partial charge in [-0.05, 0) is 29.7 Å². The molecular weight excluding hydrogens is 332 g/mol. The summed E-state index contributed by atoms with van der Waals surface area (Å²) in [5, 5.41) is 2.12. The summed E-state index contributed by atoms with van der Waals surface area (Å²) in [5.74, 6) is 0.495. The van der Waals surface area contributed by atoms with Crippen molar-refractivity contribution < 1.29 is 13.2 Å². The van der Waals surface area contributed by atoms with E-state index in [1.807, 2.05) is 0 Å². The van der Waals surface area contributed by atoms with Crippen molar-refractivity contribution >= 4 is 21.4 Å². The molecule has 2 saturated heterocycles.